The van der Waals surface area contributed by atoms with E-state index >= 15 is 0 Å². The highest BCUT2D eigenvalue weighted by atomic mass is 32.1. The lowest BCUT2D eigenvalue weighted by Crippen LogP contribution is -2.26. The van der Waals surface area contributed by atoms with Crippen LogP contribution in [0.15, 0.2) is 34.6 Å². The van der Waals surface area contributed by atoms with Crippen molar-refractivity contribution in [1.29, 1.82) is 5.26 Å². The topological polar surface area (TPSA) is 113 Å². The third-order valence-electron chi connectivity index (χ3n) is 3.61. The van der Waals surface area contributed by atoms with Gasteiger partial charge in [0.05, 0.1) is 0 Å². The smallest absolute Gasteiger partial charge is 0.234 e. The third kappa shape index (κ3) is 4.98. The van der Waals surface area contributed by atoms with E-state index in [1.165, 1.54) is 22.7 Å². The molecule has 3 aromatic heterocycles. The number of nitriles is 1. The molecular weight excluding hydrogens is 408 g/mol. The average Bonchev–Trinajstić information content (AvgIpc) is 3.41. The van der Waals surface area contributed by atoms with Gasteiger partial charge in [0, 0.05) is 30.4 Å². The number of ether oxygens (including phenoxy) is 1. The summed E-state index contributed by atoms with van der Waals surface area (Å²) in [5.74, 6) is 0.988. The molecule has 3 heterocycles. The summed E-state index contributed by atoms with van der Waals surface area (Å²) in [4.78, 5) is 13.6. The van der Waals surface area contributed by atoms with Crippen LogP contribution in [0.3, 0.4) is 0 Å². The Labute approximate surface area is 176 Å². The number of aliphatic imine (C=N–C) groups is 1. The lowest BCUT2D eigenvalue weighted by molar-refractivity contribution is 0.263. The number of rotatable bonds is 7. The monoisotopic (exact) mass is 428 g/mol. The minimum Gasteiger partial charge on any atom is -0.458 e. The summed E-state index contributed by atoms with van der Waals surface area (Å²) in [5.41, 5.74) is 2.35. The van der Waals surface area contributed by atoms with Crippen LogP contribution in [0.1, 0.15) is 13.8 Å². The Balaban J connectivity index is 1.77. The fourth-order valence-corrected chi connectivity index (χ4v) is 3.90. The Morgan fingerprint density at radius 3 is 2.90 bits per heavy atom. The van der Waals surface area contributed by atoms with E-state index in [1.54, 1.807) is 23.9 Å². The highest BCUT2D eigenvalue weighted by Gasteiger charge is 2.16. The fourth-order valence-electron chi connectivity index (χ4n) is 2.34. The van der Waals surface area contributed by atoms with Gasteiger partial charge in [0.2, 0.25) is 11.8 Å². The first-order chi connectivity index (χ1) is 14.0. The first kappa shape index (κ1) is 20.5. The van der Waals surface area contributed by atoms with Gasteiger partial charge in [0.25, 0.3) is 0 Å². The molecule has 3 aromatic rings. The number of aryl methyl sites for hydroxylation is 1. The lowest BCUT2D eigenvalue weighted by Gasteiger charge is -2.05. The molecule has 0 aliphatic heterocycles. The van der Waals surface area contributed by atoms with Crippen LogP contribution >= 0.6 is 22.7 Å². The standard InChI is InChI=1S/C18H20N8OS2/c1-5-20-17(21-6-2)24-18-23-13(10-29-18)12-9-28-16(22-12)14-7-15(25-26(14)4)27-11(3)8-19/h5,7,9-11H,1,6H2,2-4H3,(H2,20,21,23,24). The van der Waals surface area contributed by atoms with E-state index in [0.717, 1.165) is 22.1 Å². The van der Waals surface area contributed by atoms with Crippen LogP contribution in [0.5, 0.6) is 5.88 Å². The summed E-state index contributed by atoms with van der Waals surface area (Å²) in [6.45, 7) is 7.91. The molecule has 0 spiro atoms. The van der Waals surface area contributed by atoms with Crippen molar-refractivity contribution >= 4 is 33.8 Å². The summed E-state index contributed by atoms with van der Waals surface area (Å²) in [6, 6.07) is 3.80. The molecule has 0 saturated heterocycles. The van der Waals surface area contributed by atoms with Gasteiger partial charge in [-0.3, -0.25) is 9.67 Å². The summed E-state index contributed by atoms with van der Waals surface area (Å²) in [5, 5.41) is 24.6. The quantitative estimate of drug-likeness (QED) is 0.437. The Kier molecular flexibility index (Phi) is 6.58. The molecule has 2 N–H and O–H groups in total. The van der Waals surface area contributed by atoms with Crippen LogP contribution in [0.2, 0.25) is 0 Å². The van der Waals surface area contributed by atoms with Crippen molar-refractivity contribution in [3.63, 3.8) is 0 Å². The van der Waals surface area contributed by atoms with Gasteiger partial charge >= 0.3 is 0 Å². The van der Waals surface area contributed by atoms with Gasteiger partial charge in [-0.2, -0.15) is 5.26 Å². The van der Waals surface area contributed by atoms with E-state index in [0.29, 0.717) is 23.5 Å². The van der Waals surface area contributed by atoms with Gasteiger partial charge in [0.15, 0.2) is 11.2 Å². The molecule has 0 fully saturated rings. The third-order valence-corrected chi connectivity index (χ3v) is 5.23. The maximum Gasteiger partial charge on any atom is 0.234 e. The number of nitrogens with zero attached hydrogens (tertiary/aromatic N) is 6. The van der Waals surface area contributed by atoms with Crippen molar-refractivity contribution in [2.24, 2.45) is 12.0 Å². The van der Waals surface area contributed by atoms with E-state index in [9.17, 15) is 0 Å². The summed E-state index contributed by atoms with van der Waals surface area (Å²) < 4.78 is 7.14. The van der Waals surface area contributed by atoms with Crippen molar-refractivity contribution in [1.82, 2.24) is 25.1 Å². The zero-order valence-electron chi connectivity index (χ0n) is 16.2. The van der Waals surface area contributed by atoms with Gasteiger partial charge in [0.1, 0.15) is 28.2 Å². The lowest BCUT2D eigenvalue weighted by atomic mass is 10.4. The number of hydrogen-bond acceptors (Lipinski definition) is 8. The van der Waals surface area contributed by atoms with Crippen molar-refractivity contribution in [2.75, 3.05) is 11.9 Å². The largest absolute Gasteiger partial charge is 0.458 e. The first-order valence-corrected chi connectivity index (χ1v) is 10.5. The van der Waals surface area contributed by atoms with E-state index in [1.807, 2.05) is 30.8 Å². The molecule has 0 saturated carbocycles. The molecule has 0 aromatic carbocycles. The SMILES string of the molecule is C=CNC(=NCC)Nc1nc(-c2csc(-c3cc(OC(C)C#N)nn3C)n2)cs1. The average molecular weight is 429 g/mol. The summed E-state index contributed by atoms with van der Waals surface area (Å²) >= 11 is 2.96. The van der Waals surface area contributed by atoms with Crippen molar-refractivity contribution in [2.45, 2.75) is 20.0 Å². The van der Waals surface area contributed by atoms with Crippen LogP contribution < -0.4 is 15.4 Å². The zero-order chi connectivity index (χ0) is 20.8. The maximum atomic E-state index is 8.89. The molecule has 3 rings (SSSR count). The highest BCUT2D eigenvalue weighted by Crippen LogP contribution is 2.32. The molecule has 1 unspecified atom stereocenters. The van der Waals surface area contributed by atoms with Gasteiger partial charge < -0.3 is 15.4 Å². The van der Waals surface area contributed by atoms with Crippen LogP contribution in [0, 0.1) is 11.3 Å². The van der Waals surface area contributed by atoms with E-state index < -0.39 is 6.10 Å². The van der Waals surface area contributed by atoms with Gasteiger partial charge in [-0.05, 0) is 20.0 Å². The van der Waals surface area contributed by atoms with Crippen LogP contribution in [-0.2, 0) is 7.05 Å². The molecule has 150 valence electrons. The Morgan fingerprint density at radius 2 is 2.17 bits per heavy atom. The molecule has 0 radical (unpaired) electrons. The minimum absolute atomic E-state index is 0.394. The second-order valence-corrected chi connectivity index (χ2v) is 7.47. The number of thiazole rings is 2. The van der Waals surface area contributed by atoms with Crippen LogP contribution in [-0.4, -0.2) is 38.4 Å². The molecule has 0 aliphatic rings. The summed E-state index contributed by atoms with van der Waals surface area (Å²) in [6.07, 6.45) is 0.994. The van der Waals surface area contributed by atoms with Crippen molar-refractivity contribution in [3.05, 3.63) is 29.6 Å². The molecule has 1 atom stereocenters. The normalized spacial score (nSPS) is 12.3. The van der Waals surface area contributed by atoms with Crippen LogP contribution in [0.25, 0.3) is 22.1 Å². The molecule has 0 aliphatic carbocycles. The van der Waals surface area contributed by atoms with Gasteiger partial charge in [-0.25, -0.2) is 9.97 Å². The van der Waals surface area contributed by atoms with Crippen LogP contribution in [0.4, 0.5) is 5.13 Å². The second kappa shape index (κ2) is 9.31. The highest BCUT2D eigenvalue weighted by molar-refractivity contribution is 7.14. The minimum atomic E-state index is -0.567. The Morgan fingerprint density at radius 1 is 1.41 bits per heavy atom. The Hall–Kier alpha value is -3.23. The number of guanidine groups is 1. The van der Waals surface area contributed by atoms with E-state index in [-0.39, 0.29) is 0 Å². The second-order valence-electron chi connectivity index (χ2n) is 5.75. The predicted octanol–water partition coefficient (Wildman–Crippen LogP) is 3.48. The molecule has 11 heteroatoms. The van der Waals surface area contributed by atoms with Crippen molar-refractivity contribution in [3.8, 4) is 34.0 Å². The van der Waals surface area contributed by atoms with Gasteiger partial charge in [-0.1, -0.05) is 6.58 Å². The fraction of sp³-hybridized carbons (Fsp3) is 0.278. The Bertz CT molecular complexity index is 1060. The molecule has 9 nitrogen and oxygen atoms in total. The molecular formula is C18H20N8OS2. The maximum absolute atomic E-state index is 8.89. The summed E-state index contributed by atoms with van der Waals surface area (Å²) in [7, 11) is 1.81. The molecule has 0 bridgehead atoms. The molecule has 0 amide bonds. The number of anilines is 1. The number of hydrogen-bond donors (Lipinski definition) is 2. The van der Waals surface area contributed by atoms with E-state index in [4.69, 9.17) is 10.00 Å². The number of nitrogens with one attached hydrogen (secondary N) is 2. The number of aromatic nitrogens is 4. The van der Waals surface area contributed by atoms with Gasteiger partial charge in [-0.15, -0.1) is 27.8 Å². The van der Waals surface area contributed by atoms with Crippen molar-refractivity contribution < 1.29 is 4.74 Å². The molecule has 29 heavy (non-hydrogen) atoms. The predicted molar refractivity (Wildman–Crippen MR) is 116 cm³/mol. The first-order valence-electron chi connectivity index (χ1n) is 8.75. The van der Waals surface area contributed by atoms with E-state index in [2.05, 4.69) is 37.3 Å². The zero-order valence-corrected chi connectivity index (χ0v) is 17.8.